The number of anilines is 1. The third kappa shape index (κ3) is 4.20. The first-order chi connectivity index (χ1) is 9.77. The van der Waals surface area contributed by atoms with Crippen molar-refractivity contribution in [2.75, 3.05) is 5.32 Å². The quantitative estimate of drug-likeness (QED) is 0.595. The van der Waals surface area contributed by atoms with Gasteiger partial charge in [-0.05, 0) is 51.8 Å². The van der Waals surface area contributed by atoms with Crippen molar-refractivity contribution in [2.45, 2.75) is 12.7 Å². The Kier molecular flexibility index (Phi) is 4.93. The standard InChI is InChI=1S/C14H9Br2F4N/c15-11-4-2-9(6-10(11)14(18,19)20)21-7-8-1-3-12(16)13(17)5-8/h1-6,21H,7H2. The Bertz CT molecular complexity index is 656. The van der Waals surface area contributed by atoms with Gasteiger partial charge in [-0.1, -0.05) is 22.0 Å². The minimum atomic E-state index is -4.43. The molecule has 0 fully saturated rings. The van der Waals surface area contributed by atoms with E-state index in [-0.39, 0.29) is 11.0 Å². The normalized spacial score (nSPS) is 11.5. The molecular formula is C14H9Br2F4N. The Morgan fingerprint density at radius 2 is 1.62 bits per heavy atom. The molecule has 1 nitrogen and oxygen atoms in total. The lowest BCUT2D eigenvalue weighted by atomic mass is 10.1. The first-order valence-electron chi connectivity index (χ1n) is 5.82. The smallest absolute Gasteiger partial charge is 0.381 e. The molecule has 0 bridgehead atoms. The summed E-state index contributed by atoms with van der Waals surface area (Å²) in [5.74, 6) is -0.416. The molecule has 0 aromatic heterocycles. The molecule has 0 spiro atoms. The van der Waals surface area contributed by atoms with Gasteiger partial charge in [0.25, 0.3) is 0 Å². The zero-order chi connectivity index (χ0) is 15.6. The van der Waals surface area contributed by atoms with E-state index in [0.29, 0.717) is 15.7 Å². The summed E-state index contributed by atoms with van der Waals surface area (Å²) in [6.07, 6.45) is -4.43. The fraction of sp³-hybridized carbons (Fsp3) is 0.143. The van der Waals surface area contributed by atoms with Crippen LogP contribution >= 0.6 is 31.9 Å². The van der Waals surface area contributed by atoms with Gasteiger partial charge in [0.05, 0.1) is 10.0 Å². The van der Waals surface area contributed by atoms with Crippen molar-refractivity contribution in [3.63, 3.8) is 0 Å². The maximum Gasteiger partial charge on any atom is 0.417 e. The van der Waals surface area contributed by atoms with Gasteiger partial charge in [-0.15, -0.1) is 0 Å². The van der Waals surface area contributed by atoms with Crippen LogP contribution < -0.4 is 5.32 Å². The minimum absolute atomic E-state index is 0.0183. The summed E-state index contributed by atoms with van der Waals surface area (Å²) in [4.78, 5) is 0. The van der Waals surface area contributed by atoms with Crippen LogP contribution in [0.25, 0.3) is 0 Å². The lowest BCUT2D eigenvalue weighted by Gasteiger charge is -2.12. The average molecular weight is 427 g/mol. The van der Waals surface area contributed by atoms with Crippen molar-refractivity contribution in [2.24, 2.45) is 0 Å². The largest absolute Gasteiger partial charge is 0.417 e. The molecular weight excluding hydrogens is 418 g/mol. The van der Waals surface area contributed by atoms with Crippen molar-refractivity contribution in [1.29, 1.82) is 0 Å². The molecule has 0 radical (unpaired) electrons. The molecule has 2 aromatic carbocycles. The molecule has 0 amide bonds. The highest BCUT2D eigenvalue weighted by Gasteiger charge is 2.33. The number of nitrogens with one attached hydrogen (secondary N) is 1. The summed E-state index contributed by atoms with van der Waals surface area (Å²) in [6.45, 7) is 0.225. The van der Waals surface area contributed by atoms with E-state index in [1.54, 1.807) is 12.1 Å². The van der Waals surface area contributed by atoms with Gasteiger partial charge >= 0.3 is 6.18 Å². The van der Waals surface area contributed by atoms with Crippen LogP contribution in [0.2, 0.25) is 0 Å². The number of hydrogen-bond donors (Lipinski definition) is 1. The highest BCUT2D eigenvalue weighted by molar-refractivity contribution is 9.10. The zero-order valence-electron chi connectivity index (χ0n) is 10.4. The Labute approximate surface area is 135 Å². The van der Waals surface area contributed by atoms with Gasteiger partial charge in [0, 0.05) is 16.7 Å². The molecule has 0 atom stereocenters. The summed E-state index contributed by atoms with van der Waals surface area (Å²) in [6, 6.07) is 8.42. The third-order valence-corrected chi connectivity index (χ3v) is 4.09. The average Bonchev–Trinajstić information content (AvgIpc) is 2.40. The predicted molar refractivity (Wildman–Crippen MR) is 80.6 cm³/mol. The molecule has 21 heavy (non-hydrogen) atoms. The van der Waals surface area contributed by atoms with Gasteiger partial charge in [-0.25, -0.2) is 4.39 Å². The molecule has 0 aliphatic carbocycles. The second-order valence-electron chi connectivity index (χ2n) is 4.29. The lowest BCUT2D eigenvalue weighted by molar-refractivity contribution is -0.138. The summed E-state index contributed by atoms with van der Waals surface area (Å²) >= 11 is 5.92. The van der Waals surface area contributed by atoms with Crippen LogP contribution in [0.3, 0.4) is 0 Å². The fourth-order valence-electron chi connectivity index (χ4n) is 1.71. The molecule has 7 heteroatoms. The highest BCUT2D eigenvalue weighted by Crippen LogP contribution is 2.36. The number of alkyl halides is 3. The highest BCUT2D eigenvalue weighted by atomic mass is 79.9. The number of halogens is 6. The Balaban J connectivity index is 2.15. The van der Waals surface area contributed by atoms with Crippen molar-refractivity contribution in [3.8, 4) is 0 Å². The number of rotatable bonds is 3. The van der Waals surface area contributed by atoms with E-state index in [2.05, 4.69) is 37.2 Å². The topological polar surface area (TPSA) is 12.0 Å². The van der Waals surface area contributed by atoms with Crippen molar-refractivity contribution in [1.82, 2.24) is 0 Å². The Morgan fingerprint density at radius 3 is 2.24 bits per heavy atom. The molecule has 2 rings (SSSR count). The minimum Gasteiger partial charge on any atom is -0.381 e. The van der Waals surface area contributed by atoms with Crippen LogP contribution in [-0.2, 0) is 12.7 Å². The lowest BCUT2D eigenvalue weighted by Crippen LogP contribution is -2.07. The van der Waals surface area contributed by atoms with Crippen molar-refractivity contribution < 1.29 is 17.6 Å². The summed E-state index contributed by atoms with van der Waals surface area (Å²) in [7, 11) is 0. The zero-order valence-corrected chi connectivity index (χ0v) is 13.6. The maximum absolute atomic E-state index is 13.3. The molecule has 0 heterocycles. The van der Waals surface area contributed by atoms with E-state index in [1.807, 2.05) is 0 Å². The van der Waals surface area contributed by atoms with E-state index in [0.717, 1.165) is 6.07 Å². The molecule has 0 unspecified atom stereocenters. The molecule has 112 valence electrons. The van der Waals surface area contributed by atoms with E-state index >= 15 is 0 Å². The predicted octanol–water partition coefficient (Wildman–Crippen LogP) is 5.98. The van der Waals surface area contributed by atoms with E-state index in [4.69, 9.17) is 0 Å². The third-order valence-electron chi connectivity index (χ3n) is 2.75. The molecule has 0 saturated heterocycles. The molecule has 0 aliphatic heterocycles. The van der Waals surface area contributed by atoms with Crippen LogP contribution in [0.1, 0.15) is 11.1 Å². The van der Waals surface area contributed by atoms with Gasteiger partial charge in [-0.2, -0.15) is 13.2 Å². The molecule has 1 N–H and O–H groups in total. The SMILES string of the molecule is Fc1cc(CNc2ccc(Br)c(C(F)(F)F)c2)ccc1Br. The summed E-state index contributed by atoms with van der Waals surface area (Å²) in [5.41, 5.74) is 0.190. The van der Waals surface area contributed by atoms with Gasteiger partial charge in [0.15, 0.2) is 0 Å². The molecule has 2 aromatic rings. The second kappa shape index (κ2) is 6.36. The fourth-order valence-corrected chi connectivity index (χ4v) is 2.42. The van der Waals surface area contributed by atoms with Gasteiger partial charge in [0.1, 0.15) is 5.82 Å². The number of benzene rings is 2. The van der Waals surface area contributed by atoms with E-state index in [1.165, 1.54) is 18.2 Å². The molecule has 0 aliphatic rings. The van der Waals surface area contributed by atoms with E-state index in [9.17, 15) is 17.6 Å². The van der Waals surface area contributed by atoms with Crippen molar-refractivity contribution in [3.05, 3.63) is 62.3 Å². The van der Waals surface area contributed by atoms with Crippen LogP contribution in [0.4, 0.5) is 23.2 Å². The first kappa shape index (κ1) is 16.3. The Hall–Kier alpha value is -1.08. The van der Waals surface area contributed by atoms with Gasteiger partial charge in [0.2, 0.25) is 0 Å². The van der Waals surface area contributed by atoms with Crippen LogP contribution in [0, 0.1) is 5.82 Å². The van der Waals surface area contributed by atoms with Crippen LogP contribution in [0.15, 0.2) is 45.3 Å². The Morgan fingerprint density at radius 1 is 0.952 bits per heavy atom. The summed E-state index contributed by atoms with van der Waals surface area (Å²) in [5, 5.41) is 2.84. The monoisotopic (exact) mass is 425 g/mol. The second-order valence-corrected chi connectivity index (χ2v) is 6.00. The van der Waals surface area contributed by atoms with Gasteiger partial charge in [-0.3, -0.25) is 0 Å². The van der Waals surface area contributed by atoms with Crippen LogP contribution in [-0.4, -0.2) is 0 Å². The van der Waals surface area contributed by atoms with Gasteiger partial charge < -0.3 is 5.32 Å². The van der Waals surface area contributed by atoms with Crippen molar-refractivity contribution >= 4 is 37.5 Å². The maximum atomic E-state index is 13.3. The molecule has 0 saturated carbocycles. The van der Waals surface area contributed by atoms with E-state index < -0.39 is 17.6 Å². The first-order valence-corrected chi connectivity index (χ1v) is 7.40. The summed E-state index contributed by atoms with van der Waals surface area (Å²) < 4.78 is 52.0. The van der Waals surface area contributed by atoms with Crippen LogP contribution in [0.5, 0.6) is 0 Å². The number of hydrogen-bond acceptors (Lipinski definition) is 1.